The normalized spacial score (nSPS) is 9.07. The van der Waals surface area contributed by atoms with Gasteiger partial charge < -0.3 is 27.8 Å². The third-order valence-electron chi connectivity index (χ3n) is 1.12. The topological polar surface area (TPSA) is 119 Å². The first-order valence-corrected chi connectivity index (χ1v) is 4.72. The fourth-order valence-electron chi connectivity index (χ4n) is 0.631. The van der Waals surface area contributed by atoms with E-state index in [-0.39, 0.29) is 5.91 Å². The van der Waals surface area contributed by atoms with Gasteiger partial charge >= 0.3 is 0 Å². The second-order valence-corrected chi connectivity index (χ2v) is 2.69. The lowest BCUT2D eigenvalue weighted by Gasteiger charge is -2.03. The molecule has 0 spiro atoms. The highest BCUT2D eigenvalue weighted by Crippen LogP contribution is 1.57. The smallest absolute Gasteiger partial charge is 0.214 e. The SMILES string of the molecule is CC(N)=O.NCCNCCNCCN. The zero-order valence-corrected chi connectivity index (χ0v) is 8.88. The van der Waals surface area contributed by atoms with Crippen molar-refractivity contribution in [1.29, 1.82) is 0 Å². The molecule has 0 aromatic heterocycles. The summed E-state index contributed by atoms with van der Waals surface area (Å²) in [5.41, 5.74) is 15.0. The standard InChI is InChI=1S/C6H18N4.C2H5NO/c7-1-3-9-5-6-10-4-2-8;1-2(3)4/h9-10H,1-8H2;1H3,(H2,3,4). The van der Waals surface area contributed by atoms with Crippen LogP contribution in [0.3, 0.4) is 0 Å². The van der Waals surface area contributed by atoms with E-state index in [9.17, 15) is 4.79 Å². The Bertz CT molecular complexity index is 108. The molecule has 0 fully saturated rings. The van der Waals surface area contributed by atoms with Crippen LogP contribution in [0.4, 0.5) is 0 Å². The first-order chi connectivity index (χ1) is 6.65. The molecular weight excluding hydrogens is 182 g/mol. The Morgan fingerprint density at radius 2 is 1.29 bits per heavy atom. The first kappa shape index (κ1) is 15.8. The molecule has 6 heteroatoms. The van der Waals surface area contributed by atoms with Crippen LogP contribution in [0.1, 0.15) is 6.92 Å². The van der Waals surface area contributed by atoms with Gasteiger partial charge in [-0.2, -0.15) is 0 Å². The number of hydrogen-bond acceptors (Lipinski definition) is 5. The molecule has 0 heterocycles. The highest BCUT2D eigenvalue weighted by Gasteiger charge is 1.83. The van der Waals surface area contributed by atoms with E-state index >= 15 is 0 Å². The van der Waals surface area contributed by atoms with Crippen LogP contribution >= 0.6 is 0 Å². The van der Waals surface area contributed by atoms with Crippen LogP contribution in [0.15, 0.2) is 0 Å². The summed E-state index contributed by atoms with van der Waals surface area (Å²) in [6.07, 6.45) is 0. The van der Waals surface area contributed by atoms with Crippen molar-refractivity contribution in [2.75, 3.05) is 39.3 Å². The number of carbonyl (C=O) groups is 1. The van der Waals surface area contributed by atoms with Crippen LogP contribution in [0.25, 0.3) is 0 Å². The van der Waals surface area contributed by atoms with Gasteiger partial charge in [0.05, 0.1) is 0 Å². The van der Waals surface area contributed by atoms with Gasteiger partial charge in [-0.3, -0.25) is 4.79 Å². The summed E-state index contributed by atoms with van der Waals surface area (Å²) in [6, 6.07) is 0. The number of nitrogens with two attached hydrogens (primary N) is 3. The number of amides is 1. The summed E-state index contributed by atoms with van der Waals surface area (Å²) < 4.78 is 0. The fraction of sp³-hybridized carbons (Fsp3) is 0.875. The minimum Gasteiger partial charge on any atom is -0.370 e. The first-order valence-electron chi connectivity index (χ1n) is 4.72. The second-order valence-electron chi connectivity index (χ2n) is 2.69. The molecule has 0 radical (unpaired) electrons. The lowest BCUT2D eigenvalue weighted by molar-refractivity contribution is -0.115. The van der Waals surface area contributed by atoms with Crippen molar-refractivity contribution in [2.24, 2.45) is 17.2 Å². The van der Waals surface area contributed by atoms with E-state index in [1.165, 1.54) is 6.92 Å². The molecule has 0 atom stereocenters. The molecule has 8 N–H and O–H groups in total. The van der Waals surface area contributed by atoms with E-state index in [4.69, 9.17) is 11.5 Å². The predicted octanol–water partition coefficient (Wildman–Crippen LogP) is -2.43. The zero-order valence-electron chi connectivity index (χ0n) is 8.88. The Morgan fingerprint density at radius 1 is 1.00 bits per heavy atom. The summed E-state index contributed by atoms with van der Waals surface area (Å²) in [6.45, 7) is 6.44. The van der Waals surface area contributed by atoms with Crippen molar-refractivity contribution in [1.82, 2.24) is 10.6 Å². The van der Waals surface area contributed by atoms with Crippen LogP contribution < -0.4 is 27.8 Å². The molecule has 0 bridgehead atoms. The average Bonchev–Trinajstić information content (AvgIpc) is 2.10. The maximum atomic E-state index is 9.22. The molecule has 0 aliphatic carbocycles. The Labute approximate surface area is 85.6 Å². The van der Waals surface area contributed by atoms with E-state index in [1.54, 1.807) is 0 Å². The Hall–Kier alpha value is -0.690. The molecule has 0 unspecified atom stereocenters. The Morgan fingerprint density at radius 3 is 1.50 bits per heavy atom. The van der Waals surface area contributed by atoms with Crippen LogP contribution in [0.2, 0.25) is 0 Å². The van der Waals surface area contributed by atoms with Crippen molar-refractivity contribution in [3.8, 4) is 0 Å². The van der Waals surface area contributed by atoms with Gasteiger partial charge in [0.2, 0.25) is 5.91 Å². The van der Waals surface area contributed by atoms with Gasteiger partial charge in [-0.15, -0.1) is 0 Å². The zero-order chi connectivity index (χ0) is 11.2. The molecule has 1 amide bonds. The van der Waals surface area contributed by atoms with E-state index in [0.717, 1.165) is 26.2 Å². The van der Waals surface area contributed by atoms with Crippen molar-refractivity contribution < 1.29 is 4.79 Å². The largest absolute Gasteiger partial charge is 0.370 e. The number of carbonyl (C=O) groups excluding carboxylic acids is 1. The molecule has 0 saturated carbocycles. The van der Waals surface area contributed by atoms with Crippen LogP contribution in [-0.2, 0) is 4.79 Å². The molecule has 0 saturated heterocycles. The summed E-state index contributed by atoms with van der Waals surface area (Å²) in [5.74, 6) is -0.333. The maximum Gasteiger partial charge on any atom is 0.214 e. The minimum atomic E-state index is -0.333. The van der Waals surface area contributed by atoms with Gasteiger partial charge in [0, 0.05) is 46.2 Å². The number of rotatable bonds is 7. The minimum absolute atomic E-state index is 0.333. The van der Waals surface area contributed by atoms with Gasteiger partial charge in [-0.05, 0) is 0 Å². The molecule has 0 aliphatic rings. The van der Waals surface area contributed by atoms with E-state index < -0.39 is 0 Å². The van der Waals surface area contributed by atoms with Crippen molar-refractivity contribution in [2.45, 2.75) is 6.92 Å². The predicted molar refractivity (Wildman–Crippen MR) is 58.7 cm³/mol. The van der Waals surface area contributed by atoms with Gasteiger partial charge in [-0.25, -0.2) is 0 Å². The lowest BCUT2D eigenvalue weighted by atomic mass is 10.5. The molecule has 14 heavy (non-hydrogen) atoms. The maximum absolute atomic E-state index is 9.22. The Kier molecular flexibility index (Phi) is 16.7. The molecule has 0 aromatic rings. The van der Waals surface area contributed by atoms with Crippen molar-refractivity contribution >= 4 is 5.91 Å². The highest BCUT2D eigenvalue weighted by atomic mass is 16.1. The van der Waals surface area contributed by atoms with Crippen LogP contribution in [0, 0.1) is 0 Å². The third kappa shape index (κ3) is 30.2. The van der Waals surface area contributed by atoms with Crippen molar-refractivity contribution in [3.05, 3.63) is 0 Å². The van der Waals surface area contributed by atoms with Crippen LogP contribution in [0.5, 0.6) is 0 Å². The molecule has 0 aromatic carbocycles. The Balaban J connectivity index is 0. The summed E-state index contributed by atoms with van der Waals surface area (Å²) in [7, 11) is 0. The van der Waals surface area contributed by atoms with E-state index in [0.29, 0.717) is 13.1 Å². The number of primary amides is 1. The second kappa shape index (κ2) is 14.8. The molecule has 0 aliphatic heterocycles. The molecule has 0 rings (SSSR count). The monoisotopic (exact) mass is 205 g/mol. The van der Waals surface area contributed by atoms with Gasteiger partial charge in [0.15, 0.2) is 0 Å². The van der Waals surface area contributed by atoms with E-state index in [1.807, 2.05) is 0 Å². The van der Waals surface area contributed by atoms with Gasteiger partial charge in [-0.1, -0.05) is 0 Å². The lowest BCUT2D eigenvalue weighted by Crippen LogP contribution is -2.32. The number of nitrogens with one attached hydrogen (secondary N) is 2. The summed E-state index contributed by atoms with van der Waals surface area (Å²) >= 11 is 0. The summed E-state index contributed by atoms with van der Waals surface area (Å²) in [4.78, 5) is 9.22. The van der Waals surface area contributed by atoms with E-state index in [2.05, 4.69) is 16.4 Å². The molecule has 86 valence electrons. The average molecular weight is 205 g/mol. The number of hydrogen-bond donors (Lipinski definition) is 5. The van der Waals surface area contributed by atoms with Crippen molar-refractivity contribution in [3.63, 3.8) is 0 Å². The highest BCUT2D eigenvalue weighted by molar-refractivity contribution is 5.70. The fourth-order valence-corrected chi connectivity index (χ4v) is 0.631. The molecular formula is C8H23N5O. The third-order valence-corrected chi connectivity index (χ3v) is 1.12. The molecule has 6 nitrogen and oxygen atoms in total. The summed E-state index contributed by atoms with van der Waals surface area (Å²) in [5, 5.41) is 6.33. The van der Waals surface area contributed by atoms with Gasteiger partial charge in [0.1, 0.15) is 0 Å². The van der Waals surface area contributed by atoms with Crippen LogP contribution in [-0.4, -0.2) is 45.2 Å². The quantitative estimate of drug-likeness (QED) is 0.296. The van der Waals surface area contributed by atoms with Gasteiger partial charge in [0.25, 0.3) is 0 Å².